The molecule has 1 nitrogen and oxygen atoms in total. The maximum absolute atomic E-state index is 9.13. The van der Waals surface area contributed by atoms with Crippen molar-refractivity contribution < 1.29 is 5.11 Å². The third-order valence-corrected chi connectivity index (χ3v) is 1.56. The molecule has 0 bridgehead atoms. The number of thiocarbonyl (C=S) groups is 1. The van der Waals surface area contributed by atoms with E-state index in [1.54, 1.807) is 24.3 Å². The Morgan fingerprint density at radius 1 is 1.40 bits per heavy atom. The SMILES string of the molecule is Oc1ccccc1C(=S)[S-]. The second kappa shape index (κ2) is 2.94. The quantitative estimate of drug-likeness (QED) is 0.509. The van der Waals surface area contributed by atoms with E-state index in [1.807, 2.05) is 0 Å². The maximum Gasteiger partial charge on any atom is 0.121 e. The van der Waals surface area contributed by atoms with E-state index in [0.717, 1.165) is 0 Å². The van der Waals surface area contributed by atoms with Gasteiger partial charge >= 0.3 is 0 Å². The van der Waals surface area contributed by atoms with Gasteiger partial charge in [-0.05, 0) is 6.07 Å². The van der Waals surface area contributed by atoms with Crippen LogP contribution in [0.1, 0.15) is 5.56 Å². The van der Waals surface area contributed by atoms with Crippen LogP contribution < -0.4 is 0 Å². The van der Waals surface area contributed by atoms with Crippen LogP contribution in [0.3, 0.4) is 0 Å². The van der Waals surface area contributed by atoms with Gasteiger partial charge in [-0.15, -0.1) is 4.20 Å². The number of para-hydroxylation sites is 1. The molecule has 52 valence electrons. The molecule has 0 fully saturated rings. The molecule has 0 aliphatic heterocycles. The predicted octanol–water partition coefficient (Wildman–Crippen LogP) is 1.61. The number of aromatic hydroxyl groups is 1. The molecule has 0 heterocycles. The van der Waals surface area contributed by atoms with Crippen molar-refractivity contribution in [3.63, 3.8) is 0 Å². The molecule has 0 saturated heterocycles. The Labute approximate surface area is 70.1 Å². The van der Waals surface area contributed by atoms with Crippen molar-refractivity contribution in [3.8, 4) is 5.75 Å². The second-order valence-corrected chi connectivity index (χ2v) is 2.88. The Morgan fingerprint density at radius 3 is 2.40 bits per heavy atom. The molecule has 0 saturated carbocycles. The Balaban J connectivity index is 3.15. The van der Waals surface area contributed by atoms with Crippen molar-refractivity contribution in [1.82, 2.24) is 0 Å². The predicted molar refractivity (Wildman–Crippen MR) is 47.2 cm³/mol. The van der Waals surface area contributed by atoms with Crippen LogP contribution in [0.15, 0.2) is 24.3 Å². The van der Waals surface area contributed by atoms with E-state index in [9.17, 15) is 0 Å². The van der Waals surface area contributed by atoms with Crippen molar-refractivity contribution in [2.75, 3.05) is 0 Å². The topological polar surface area (TPSA) is 20.2 Å². The van der Waals surface area contributed by atoms with Gasteiger partial charge in [0.2, 0.25) is 0 Å². The van der Waals surface area contributed by atoms with Gasteiger partial charge in [-0.3, -0.25) is 0 Å². The zero-order valence-electron chi connectivity index (χ0n) is 5.07. The normalized spacial score (nSPS) is 9.20. The van der Waals surface area contributed by atoms with E-state index in [2.05, 4.69) is 0 Å². The van der Waals surface area contributed by atoms with Crippen LogP contribution in [0, 0.1) is 0 Å². The van der Waals surface area contributed by atoms with Crippen LogP contribution in [0.4, 0.5) is 0 Å². The van der Waals surface area contributed by atoms with Gasteiger partial charge < -0.3 is 30.0 Å². The maximum atomic E-state index is 9.13. The Hall–Kier alpha value is -0.670. The highest BCUT2D eigenvalue weighted by molar-refractivity contribution is 8.01. The molecule has 10 heavy (non-hydrogen) atoms. The molecular weight excluding hydrogens is 164 g/mol. The fraction of sp³-hybridized carbons (Fsp3) is 0. The Kier molecular flexibility index (Phi) is 2.19. The molecule has 0 atom stereocenters. The van der Waals surface area contributed by atoms with Crippen LogP contribution in [0.2, 0.25) is 0 Å². The molecule has 0 aliphatic carbocycles. The summed E-state index contributed by atoms with van der Waals surface area (Å²) in [6.45, 7) is 0. The lowest BCUT2D eigenvalue weighted by atomic mass is 10.2. The third kappa shape index (κ3) is 1.43. The summed E-state index contributed by atoms with van der Waals surface area (Å²) < 4.78 is 0.304. The molecule has 0 unspecified atom stereocenters. The first-order chi connectivity index (χ1) is 4.72. The highest BCUT2D eigenvalue weighted by Crippen LogP contribution is 2.15. The highest BCUT2D eigenvalue weighted by atomic mass is 32.1. The van der Waals surface area contributed by atoms with Crippen molar-refractivity contribution in [1.29, 1.82) is 0 Å². The van der Waals surface area contributed by atoms with Crippen LogP contribution >= 0.6 is 12.2 Å². The average molecular weight is 169 g/mol. The molecule has 0 radical (unpaired) electrons. The molecule has 1 N–H and O–H groups in total. The number of benzene rings is 1. The van der Waals surface area contributed by atoms with Gasteiger partial charge in [0.25, 0.3) is 0 Å². The van der Waals surface area contributed by atoms with Gasteiger partial charge in [-0.2, -0.15) is 0 Å². The molecular formula is C7H5OS2-. The second-order valence-electron chi connectivity index (χ2n) is 1.80. The van der Waals surface area contributed by atoms with E-state index < -0.39 is 0 Å². The highest BCUT2D eigenvalue weighted by Gasteiger charge is 1.93. The standard InChI is InChI=1S/C7H6OS2/c8-6-4-2-1-3-5(6)7(9)10/h1-4,8H,(H,9,10)/p-1. The van der Waals surface area contributed by atoms with Gasteiger partial charge in [0.1, 0.15) is 5.75 Å². The zero-order chi connectivity index (χ0) is 7.56. The summed E-state index contributed by atoms with van der Waals surface area (Å²) >= 11 is 9.41. The van der Waals surface area contributed by atoms with E-state index in [4.69, 9.17) is 30.0 Å². The van der Waals surface area contributed by atoms with E-state index in [0.29, 0.717) is 9.76 Å². The lowest BCUT2D eigenvalue weighted by Crippen LogP contribution is -1.90. The molecule has 0 aliphatic rings. The largest absolute Gasteiger partial charge is 0.507 e. The first-order valence-corrected chi connectivity index (χ1v) is 3.53. The zero-order valence-corrected chi connectivity index (χ0v) is 6.71. The minimum absolute atomic E-state index is 0.155. The summed E-state index contributed by atoms with van der Waals surface area (Å²) in [5.74, 6) is 0.155. The number of phenols is 1. The van der Waals surface area contributed by atoms with Gasteiger partial charge in [0.15, 0.2) is 0 Å². The minimum Gasteiger partial charge on any atom is -0.507 e. The smallest absolute Gasteiger partial charge is 0.121 e. The molecule has 1 aromatic carbocycles. The van der Waals surface area contributed by atoms with Crippen molar-refractivity contribution in [2.24, 2.45) is 0 Å². The van der Waals surface area contributed by atoms with Crippen LogP contribution in [-0.2, 0) is 12.6 Å². The van der Waals surface area contributed by atoms with E-state index in [-0.39, 0.29) is 5.75 Å². The summed E-state index contributed by atoms with van der Waals surface area (Å²) in [5.41, 5.74) is 0.563. The van der Waals surface area contributed by atoms with Gasteiger partial charge in [0, 0.05) is 5.56 Å². The lowest BCUT2D eigenvalue weighted by Gasteiger charge is -2.06. The fourth-order valence-corrected chi connectivity index (χ4v) is 0.991. The van der Waals surface area contributed by atoms with Crippen molar-refractivity contribution in [3.05, 3.63) is 29.8 Å². The van der Waals surface area contributed by atoms with Crippen molar-refractivity contribution in [2.45, 2.75) is 0 Å². The molecule has 3 heteroatoms. The summed E-state index contributed by atoms with van der Waals surface area (Å²) in [6.07, 6.45) is 0. The summed E-state index contributed by atoms with van der Waals surface area (Å²) in [5, 5.41) is 9.13. The van der Waals surface area contributed by atoms with Crippen LogP contribution in [0.5, 0.6) is 5.75 Å². The molecule has 0 aromatic heterocycles. The molecule has 0 amide bonds. The number of rotatable bonds is 1. The van der Waals surface area contributed by atoms with Gasteiger partial charge in [-0.25, -0.2) is 0 Å². The summed E-state index contributed by atoms with van der Waals surface area (Å²) in [7, 11) is 0. The lowest BCUT2D eigenvalue weighted by molar-refractivity contribution is 0.474. The molecule has 0 spiro atoms. The Morgan fingerprint density at radius 2 is 2.00 bits per heavy atom. The van der Waals surface area contributed by atoms with E-state index >= 15 is 0 Å². The first kappa shape index (κ1) is 7.44. The molecule has 1 rings (SSSR count). The average Bonchev–Trinajstić information content (AvgIpc) is 1.88. The fourth-order valence-electron chi connectivity index (χ4n) is 0.646. The van der Waals surface area contributed by atoms with Crippen LogP contribution in [-0.4, -0.2) is 9.30 Å². The Bertz CT molecular complexity index is 258. The third-order valence-electron chi connectivity index (χ3n) is 1.12. The first-order valence-electron chi connectivity index (χ1n) is 2.71. The van der Waals surface area contributed by atoms with Crippen LogP contribution in [0.25, 0.3) is 0 Å². The summed E-state index contributed by atoms with van der Waals surface area (Å²) in [4.78, 5) is 0. The number of hydrogen-bond acceptors (Lipinski definition) is 3. The van der Waals surface area contributed by atoms with E-state index in [1.165, 1.54) is 0 Å². The molecule has 1 aromatic rings. The summed E-state index contributed by atoms with van der Waals surface area (Å²) in [6, 6.07) is 6.78. The number of hydrogen-bond donors (Lipinski definition) is 1. The van der Waals surface area contributed by atoms with Gasteiger partial charge in [0.05, 0.1) is 0 Å². The monoisotopic (exact) mass is 169 g/mol. The van der Waals surface area contributed by atoms with Gasteiger partial charge in [-0.1, -0.05) is 18.2 Å². The number of phenolic OH excluding ortho intramolecular Hbond substituents is 1. The minimum atomic E-state index is 0.155. The van der Waals surface area contributed by atoms with Crippen molar-refractivity contribution >= 4 is 29.0 Å².